The second kappa shape index (κ2) is 15.7. The van der Waals surface area contributed by atoms with E-state index in [4.69, 9.17) is 0 Å². The minimum absolute atomic E-state index is 1.07. The average Bonchev–Trinajstić information content (AvgIpc) is 2.35. The van der Waals surface area contributed by atoms with Crippen LogP contribution in [-0.2, 0) is 0 Å². The summed E-state index contributed by atoms with van der Waals surface area (Å²) < 4.78 is 0. The molecule has 0 spiro atoms. The first-order valence-electron chi connectivity index (χ1n) is 7.65. The van der Waals surface area contributed by atoms with Crippen molar-refractivity contribution in [3.63, 3.8) is 0 Å². The Labute approximate surface area is 110 Å². The fourth-order valence-corrected chi connectivity index (χ4v) is 2.00. The van der Waals surface area contributed by atoms with Crippen molar-refractivity contribution >= 4 is 0 Å². The molecule has 0 aliphatic heterocycles. The van der Waals surface area contributed by atoms with Crippen molar-refractivity contribution in [1.29, 1.82) is 0 Å². The first-order chi connectivity index (χ1) is 8.41. The van der Waals surface area contributed by atoms with Crippen LogP contribution in [0.2, 0.25) is 0 Å². The molecule has 0 N–H and O–H groups in total. The molecule has 0 atom stereocenters. The number of unbranched alkanes of at least 4 members (excludes halogenated alkanes) is 11. The van der Waals surface area contributed by atoms with E-state index in [1.165, 1.54) is 70.6 Å². The van der Waals surface area contributed by atoms with Crippen LogP contribution in [0.25, 0.3) is 0 Å². The normalized spacial score (nSPS) is 11.4. The molecule has 0 bridgehead atoms. The predicted octanol–water partition coefficient (Wildman–Crippen LogP) is 6.28. The summed E-state index contributed by atoms with van der Waals surface area (Å²) in [6.07, 6.45) is 21.8. The van der Waals surface area contributed by atoms with Gasteiger partial charge in [-0.05, 0) is 25.7 Å². The standard InChI is InChI=1S/C17H32/c1-3-5-7-9-11-13-15-17-16-14-12-10-8-6-4-2/h9,11H,1-8,10,12-17H2. The summed E-state index contributed by atoms with van der Waals surface area (Å²) in [5.41, 5.74) is 0. The van der Waals surface area contributed by atoms with Gasteiger partial charge in [-0.15, -0.1) is 0 Å². The molecular weight excluding hydrogens is 204 g/mol. The van der Waals surface area contributed by atoms with Crippen LogP contribution >= 0.6 is 0 Å². The van der Waals surface area contributed by atoms with E-state index in [2.05, 4.69) is 26.0 Å². The van der Waals surface area contributed by atoms with Gasteiger partial charge in [0.1, 0.15) is 0 Å². The highest BCUT2D eigenvalue weighted by atomic mass is 14.0. The zero-order valence-electron chi connectivity index (χ0n) is 11.8. The Balaban J connectivity index is 2.96. The van der Waals surface area contributed by atoms with Crippen LogP contribution in [0.3, 0.4) is 0 Å². The first kappa shape index (κ1) is 16.7. The molecular formula is C17H32. The SMILES string of the molecule is [CH2]CCCC=CCCCCCCCCCC[CH2]. The van der Waals surface area contributed by atoms with Gasteiger partial charge in [0, 0.05) is 0 Å². The van der Waals surface area contributed by atoms with Crippen molar-refractivity contribution in [2.24, 2.45) is 0 Å². The summed E-state index contributed by atoms with van der Waals surface area (Å²) in [6.45, 7) is 7.71. The van der Waals surface area contributed by atoms with Crippen LogP contribution in [0.1, 0.15) is 83.5 Å². The monoisotopic (exact) mass is 236 g/mol. The molecule has 0 rings (SSSR count). The third kappa shape index (κ3) is 15.7. The lowest BCUT2D eigenvalue weighted by Gasteiger charge is -2.00. The van der Waals surface area contributed by atoms with Crippen molar-refractivity contribution in [2.75, 3.05) is 0 Å². The van der Waals surface area contributed by atoms with Gasteiger partial charge in [-0.2, -0.15) is 0 Å². The Morgan fingerprint density at radius 3 is 1.41 bits per heavy atom. The minimum atomic E-state index is 1.07. The molecule has 100 valence electrons. The minimum Gasteiger partial charge on any atom is -0.0885 e. The van der Waals surface area contributed by atoms with E-state index >= 15 is 0 Å². The molecule has 0 saturated heterocycles. The summed E-state index contributed by atoms with van der Waals surface area (Å²) in [6, 6.07) is 0. The second-order valence-electron chi connectivity index (χ2n) is 4.94. The topological polar surface area (TPSA) is 0 Å². The van der Waals surface area contributed by atoms with Crippen LogP contribution < -0.4 is 0 Å². The third-order valence-corrected chi connectivity index (χ3v) is 3.16. The van der Waals surface area contributed by atoms with Gasteiger partial charge < -0.3 is 0 Å². The first-order valence-corrected chi connectivity index (χ1v) is 7.65. The summed E-state index contributed by atoms with van der Waals surface area (Å²) in [7, 11) is 0. The number of hydrogen-bond donors (Lipinski definition) is 0. The van der Waals surface area contributed by atoms with E-state index in [9.17, 15) is 0 Å². The smallest absolute Gasteiger partial charge is 0.0351 e. The molecule has 0 heterocycles. The second-order valence-corrected chi connectivity index (χ2v) is 4.94. The van der Waals surface area contributed by atoms with Crippen molar-refractivity contribution in [1.82, 2.24) is 0 Å². The molecule has 0 aromatic carbocycles. The Kier molecular flexibility index (Phi) is 15.5. The van der Waals surface area contributed by atoms with E-state index in [1.54, 1.807) is 0 Å². The van der Waals surface area contributed by atoms with Gasteiger partial charge >= 0.3 is 0 Å². The Morgan fingerprint density at radius 2 is 0.882 bits per heavy atom. The quantitative estimate of drug-likeness (QED) is 0.261. The summed E-state index contributed by atoms with van der Waals surface area (Å²) in [5, 5.41) is 0. The van der Waals surface area contributed by atoms with E-state index < -0.39 is 0 Å². The predicted molar refractivity (Wildman–Crippen MR) is 79.9 cm³/mol. The zero-order valence-corrected chi connectivity index (χ0v) is 11.8. The van der Waals surface area contributed by atoms with Crippen LogP contribution in [0.15, 0.2) is 12.2 Å². The molecule has 0 amide bonds. The van der Waals surface area contributed by atoms with Gasteiger partial charge in [0.25, 0.3) is 0 Å². The Bertz CT molecular complexity index is 146. The van der Waals surface area contributed by atoms with Crippen LogP contribution in [-0.4, -0.2) is 0 Å². The average molecular weight is 236 g/mol. The molecule has 0 fully saturated rings. The molecule has 0 aliphatic carbocycles. The summed E-state index contributed by atoms with van der Waals surface area (Å²) in [4.78, 5) is 0. The molecule has 2 radical (unpaired) electrons. The maximum absolute atomic E-state index is 3.87. The van der Waals surface area contributed by atoms with Gasteiger partial charge in [0.2, 0.25) is 0 Å². The molecule has 0 heteroatoms. The summed E-state index contributed by atoms with van der Waals surface area (Å²) in [5.74, 6) is 0. The van der Waals surface area contributed by atoms with Crippen LogP contribution in [0, 0.1) is 13.8 Å². The number of allylic oxidation sites excluding steroid dienone is 2. The maximum atomic E-state index is 3.87. The molecule has 0 saturated carbocycles. The highest BCUT2D eigenvalue weighted by Crippen LogP contribution is 2.10. The molecule has 17 heavy (non-hydrogen) atoms. The highest BCUT2D eigenvalue weighted by Gasteiger charge is 1.91. The largest absolute Gasteiger partial charge is 0.0885 e. The van der Waals surface area contributed by atoms with Crippen LogP contribution in [0.5, 0.6) is 0 Å². The summed E-state index contributed by atoms with van der Waals surface area (Å²) >= 11 is 0. The number of hydrogen-bond acceptors (Lipinski definition) is 0. The molecule has 0 nitrogen and oxygen atoms in total. The fraction of sp³-hybridized carbons (Fsp3) is 0.765. The van der Waals surface area contributed by atoms with Crippen LogP contribution in [0.4, 0.5) is 0 Å². The van der Waals surface area contributed by atoms with Crippen molar-refractivity contribution in [3.05, 3.63) is 26.0 Å². The van der Waals surface area contributed by atoms with E-state index in [0.717, 1.165) is 12.8 Å². The van der Waals surface area contributed by atoms with Gasteiger partial charge in [-0.1, -0.05) is 83.8 Å². The molecule has 0 unspecified atom stereocenters. The van der Waals surface area contributed by atoms with Gasteiger partial charge in [-0.3, -0.25) is 0 Å². The Hall–Kier alpha value is -0.260. The highest BCUT2D eigenvalue weighted by molar-refractivity contribution is 4.81. The van der Waals surface area contributed by atoms with Crippen molar-refractivity contribution < 1.29 is 0 Å². The maximum Gasteiger partial charge on any atom is -0.0351 e. The van der Waals surface area contributed by atoms with Gasteiger partial charge in [0.05, 0.1) is 0 Å². The lowest BCUT2D eigenvalue weighted by molar-refractivity contribution is 0.571. The Morgan fingerprint density at radius 1 is 0.471 bits per heavy atom. The molecule has 0 aromatic rings. The third-order valence-electron chi connectivity index (χ3n) is 3.16. The molecule has 0 aromatic heterocycles. The van der Waals surface area contributed by atoms with E-state index in [-0.39, 0.29) is 0 Å². The van der Waals surface area contributed by atoms with Crippen molar-refractivity contribution in [3.8, 4) is 0 Å². The zero-order chi connectivity index (χ0) is 12.6. The van der Waals surface area contributed by atoms with E-state index in [0.29, 0.717) is 0 Å². The van der Waals surface area contributed by atoms with Gasteiger partial charge in [-0.25, -0.2) is 0 Å². The number of rotatable bonds is 13. The lowest BCUT2D eigenvalue weighted by Crippen LogP contribution is -1.80. The van der Waals surface area contributed by atoms with Gasteiger partial charge in [0.15, 0.2) is 0 Å². The fourth-order valence-electron chi connectivity index (χ4n) is 2.00. The van der Waals surface area contributed by atoms with E-state index in [1.807, 2.05) is 0 Å². The molecule has 0 aliphatic rings. The lowest BCUT2D eigenvalue weighted by atomic mass is 10.1. The van der Waals surface area contributed by atoms with Crippen molar-refractivity contribution in [2.45, 2.75) is 83.5 Å².